The van der Waals surface area contributed by atoms with Gasteiger partial charge in [-0.05, 0) is 60.7 Å². The van der Waals surface area contributed by atoms with Crippen LogP contribution in [0.5, 0.6) is 0 Å². The van der Waals surface area contributed by atoms with Crippen molar-refractivity contribution in [3.05, 3.63) is 65.2 Å². The van der Waals surface area contributed by atoms with Crippen molar-refractivity contribution in [1.82, 2.24) is 10.2 Å². The van der Waals surface area contributed by atoms with Crippen molar-refractivity contribution in [2.45, 2.75) is 52.1 Å². The van der Waals surface area contributed by atoms with Gasteiger partial charge in [-0.25, -0.2) is 8.42 Å². The van der Waals surface area contributed by atoms with Gasteiger partial charge in [0.1, 0.15) is 6.54 Å². The minimum atomic E-state index is -3.58. The first-order valence-corrected chi connectivity index (χ1v) is 13.2. The van der Waals surface area contributed by atoms with E-state index in [1.54, 1.807) is 12.1 Å². The summed E-state index contributed by atoms with van der Waals surface area (Å²) in [5, 5.41) is 2.85. The number of rotatable bonds is 9. The number of hydrogen-bond acceptors (Lipinski definition) is 4. The van der Waals surface area contributed by atoms with E-state index in [0.717, 1.165) is 41.3 Å². The Labute approximate surface area is 192 Å². The average molecular weight is 458 g/mol. The molecular weight excluding hydrogens is 422 g/mol. The van der Waals surface area contributed by atoms with Gasteiger partial charge in [0.2, 0.25) is 15.9 Å². The number of nitrogens with one attached hydrogen (secondary N) is 1. The zero-order valence-corrected chi connectivity index (χ0v) is 20.2. The molecule has 1 fully saturated rings. The number of sulfonamides is 1. The third kappa shape index (κ3) is 7.07. The summed E-state index contributed by atoms with van der Waals surface area (Å²) >= 11 is 0. The summed E-state index contributed by atoms with van der Waals surface area (Å²) in [4.78, 5) is 15.0. The van der Waals surface area contributed by atoms with Gasteiger partial charge in [0.25, 0.3) is 0 Å². The van der Waals surface area contributed by atoms with E-state index in [1.807, 2.05) is 24.3 Å². The van der Waals surface area contributed by atoms with Crippen LogP contribution in [0.4, 0.5) is 5.69 Å². The maximum absolute atomic E-state index is 12.5. The minimum Gasteiger partial charge on any atom is -0.350 e. The lowest BCUT2D eigenvalue weighted by molar-refractivity contribution is -0.119. The van der Waals surface area contributed by atoms with Crippen LogP contribution in [0.3, 0.4) is 0 Å². The Hall–Kier alpha value is -2.38. The van der Waals surface area contributed by atoms with Crippen molar-refractivity contribution in [3.63, 3.8) is 0 Å². The first kappa shape index (κ1) is 24.3. The van der Waals surface area contributed by atoms with Gasteiger partial charge in [0.05, 0.1) is 11.9 Å². The number of benzene rings is 2. The fraction of sp³-hybridized carbons (Fsp3) is 0.480. The van der Waals surface area contributed by atoms with Gasteiger partial charge in [-0.1, -0.05) is 56.7 Å². The van der Waals surface area contributed by atoms with Gasteiger partial charge in [0, 0.05) is 13.1 Å². The molecule has 2 aromatic rings. The first-order valence-electron chi connectivity index (χ1n) is 11.4. The number of carbonyl (C=O) groups excluding carboxylic acids is 1. The smallest absolute Gasteiger partial charge is 0.241 e. The van der Waals surface area contributed by atoms with Gasteiger partial charge in [0.15, 0.2) is 0 Å². The highest BCUT2D eigenvalue weighted by molar-refractivity contribution is 7.92. The van der Waals surface area contributed by atoms with Crippen molar-refractivity contribution < 1.29 is 13.2 Å². The summed E-state index contributed by atoms with van der Waals surface area (Å²) < 4.78 is 25.8. The number of anilines is 1. The molecule has 0 unspecified atom stereocenters. The Kier molecular flexibility index (Phi) is 8.32. The van der Waals surface area contributed by atoms with Crippen molar-refractivity contribution >= 4 is 21.6 Å². The van der Waals surface area contributed by atoms with Crippen molar-refractivity contribution in [3.8, 4) is 0 Å². The molecule has 2 aromatic carbocycles. The Morgan fingerprint density at radius 2 is 1.56 bits per heavy atom. The molecule has 174 valence electrons. The quantitative estimate of drug-likeness (QED) is 0.620. The molecule has 0 saturated carbocycles. The van der Waals surface area contributed by atoms with E-state index in [4.69, 9.17) is 0 Å². The molecule has 0 spiro atoms. The predicted molar refractivity (Wildman–Crippen MR) is 130 cm³/mol. The second kappa shape index (κ2) is 11.0. The average Bonchev–Trinajstić information content (AvgIpc) is 2.77. The number of likely N-dealkylation sites (tertiary alicyclic amines) is 1. The maximum Gasteiger partial charge on any atom is 0.241 e. The monoisotopic (exact) mass is 457 g/mol. The lowest BCUT2D eigenvalue weighted by atomic mass is 10.0. The number of carbonyl (C=O) groups is 1. The van der Waals surface area contributed by atoms with Gasteiger partial charge in [-0.2, -0.15) is 0 Å². The van der Waals surface area contributed by atoms with E-state index >= 15 is 0 Å². The molecule has 0 aliphatic carbocycles. The van der Waals surface area contributed by atoms with Crippen LogP contribution in [0.15, 0.2) is 48.5 Å². The van der Waals surface area contributed by atoms with E-state index in [-0.39, 0.29) is 12.5 Å². The Balaban J connectivity index is 1.55. The summed E-state index contributed by atoms with van der Waals surface area (Å²) in [5.41, 5.74) is 3.88. The Bertz CT molecular complexity index is 980. The topological polar surface area (TPSA) is 69.7 Å². The lowest BCUT2D eigenvalue weighted by Crippen LogP contribution is -2.40. The number of piperidine rings is 1. The lowest BCUT2D eigenvalue weighted by Gasteiger charge is -2.26. The van der Waals surface area contributed by atoms with Crippen LogP contribution >= 0.6 is 0 Å². The molecule has 7 heteroatoms. The molecule has 0 atom stereocenters. The third-order valence-corrected chi connectivity index (χ3v) is 7.04. The molecule has 1 N–H and O–H groups in total. The van der Waals surface area contributed by atoms with Gasteiger partial charge in [-0.3, -0.25) is 14.0 Å². The van der Waals surface area contributed by atoms with Crippen LogP contribution in [-0.4, -0.2) is 45.1 Å². The standard InChI is InChI=1S/C25H35N3O3S/c1-20(2)23-11-13-24(14-12-23)28(32(3,30)31)19-25(29)26-17-21-7-9-22(10-8-21)18-27-15-5-4-6-16-27/h7-14,20H,4-6,15-19H2,1-3H3,(H,26,29). The second-order valence-corrected chi connectivity index (χ2v) is 10.9. The van der Waals surface area contributed by atoms with Crippen LogP contribution in [0.1, 0.15) is 55.7 Å². The second-order valence-electron chi connectivity index (χ2n) is 8.95. The summed E-state index contributed by atoms with van der Waals surface area (Å²) in [5.74, 6) is 0.0195. The summed E-state index contributed by atoms with van der Waals surface area (Å²) in [6.07, 6.45) is 5.00. The molecule has 32 heavy (non-hydrogen) atoms. The highest BCUT2D eigenvalue weighted by Gasteiger charge is 2.21. The van der Waals surface area contributed by atoms with Gasteiger partial charge < -0.3 is 5.32 Å². The van der Waals surface area contributed by atoms with Crippen LogP contribution in [0.2, 0.25) is 0 Å². The fourth-order valence-electron chi connectivity index (χ4n) is 3.95. The van der Waals surface area contributed by atoms with Gasteiger partial charge in [-0.15, -0.1) is 0 Å². The summed E-state index contributed by atoms with van der Waals surface area (Å²) in [6.45, 7) is 7.57. The summed E-state index contributed by atoms with van der Waals surface area (Å²) in [6, 6.07) is 15.6. The largest absolute Gasteiger partial charge is 0.350 e. The molecule has 0 aromatic heterocycles. The maximum atomic E-state index is 12.5. The molecule has 0 bridgehead atoms. The molecule has 1 aliphatic rings. The third-order valence-electron chi connectivity index (χ3n) is 5.90. The molecule has 0 radical (unpaired) electrons. The number of amides is 1. The normalized spacial score (nSPS) is 15.0. The molecule has 1 saturated heterocycles. The van der Waals surface area contributed by atoms with Crippen LogP contribution in [-0.2, 0) is 27.9 Å². The molecule has 1 heterocycles. The van der Waals surface area contributed by atoms with E-state index in [2.05, 4.69) is 36.2 Å². The van der Waals surface area contributed by atoms with E-state index in [9.17, 15) is 13.2 Å². The predicted octanol–water partition coefficient (Wildman–Crippen LogP) is 3.88. The zero-order valence-electron chi connectivity index (χ0n) is 19.4. The first-order chi connectivity index (χ1) is 15.2. The molecule has 1 aliphatic heterocycles. The van der Waals surface area contributed by atoms with Crippen molar-refractivity contribution in [2.24, 2.45) is 0 Å². The summed E-state index contributed by atoms with van der Waals surface area (Å²) in [7, 11) is -3.58. The van der Waals surface area contributed by atoms with Crippen LogP contribution in [0.25, 0.3) is 0 Å². The highest BCUT2D eigenvalue weighted by Crippen LogP contribution is 2.22. The SMILES string of the molecule is CC(C)c1ccc(N(CC(=O)NCc2ccc(CN3CCCCC3)cc2)S(C)(=O)=O)cc1. The fourth-order valence-corrected chi connectivity index (χ4v) is 4.81. The Morgan fingerprint density at radius 3 is 2.12 bits per heavy atom. The zero-order chi connectivity index (χ0) is 23.1. The van der Waals surface area contributed by atoms with E-state index < -0.39 is 10.0 Å². The molecular formula is C25H35N3O3S. The van der Waals surface area contributed by atoms with Crippen LogP contribution in [0, 0.1) is 0 Å². The molecule has 1 amide bonds. The minimum absolute atomic E-state index is 0.243. The van der Waals surface area contributed by atoms with E-state index in [0.29, 0.717) is 18.2 Å². The van der Waals surface area contributed by atoms with Crippen molar-refractivity contribution in [1.29, 1.82) is 0 Å². The van der Waals surface area contributed by atoms with Crippen molar-refractivity contribution in [2.75, 3.05) is 30.2 Å². The number of hydrogen-bond donors (Lipinski definition) is 1. The Morgan fingerprint density at radius 1 is 0.969 bits per heavy atom. The van der Waals surface area contributed by atoms with E-state index in [1.165, 1.54) is 24.8 Å². The molecule has 6 nitrogen and oxygen atoms in total. The highest BCUT2D eigenvalue weighted by atomic mass is 32.2. The van der Waals surface area contributed by atoms with Gasteiger partial charge >= 0.3 is 0 Å². The molecule has 3 rings (SSSR count). The number of nitrogens with zero attached hydrogens (tertiary/aromatic N) is 2. The van der Waals surface area contributed by atoms with Crippen LogP contribution < -0.4 is 9.62 Å².